The van der Waals surface area contributed by atoms with Crippen LogP contribution in [0.15, 0.2) is 18.2 Å². The van der Waals surface area contributed by atoms with Crippen LogP contribution in [0.5, 0.6) is 5.75 Å². The molecule has 0 fully saturated rings. The molecule has 2 rings (SSSR count). The highest BCUT2D eigenvalue weighted by Crippen LogP contribution is 2.30. The molecule has 1 aliphatic rings. The molecular weight excluding hydrogens is 266 g/mol. The quantitative estimate of drug-likeness (QED) is 0.775. The zero-order valence-electron chi connectivity index (χ0n) is 12.9. The number of likely N-dealkylation sites (N-methyl/N-ethyl adjacent to an activating group) is 1. The molecule has 114 valence electrons. The van der Waals surface area contributed by atoms with E-state index in [0.717, 1.165) is 30.5 Å². The fraction of sp³-hybridized carbons (Fsp3) is 0.529. The van der Waals surface area contributed by atoms with E-state index in [1.54, 1.807) is 0 Å². The predicted octanol–water partition coefficient (Wildman–Crippen LogP) is 2.84. The number of carbonyl (C=O) groups is 2. The Labute approximate surface area is 126 Å². The molecule has 4 heteroatoms. The minimum Gasteiger partial charge on any atom is -0.483 e. The summed E-state index contributed by atoms with van der Waals surface area (Å²) in [6.07, 6.45) is 3.33. The van der Waals surface area contributed by atoms with Crippen LogP contribution in [0, 0.1) is 0 Å². The molecule has 0 saturated heterocycles. The lowest BCUT2D eigenvalue weighted by Gasteiger charge is -2.21. The Bertz CT molecular complexity index is 525. The normalized spacial score (nSPS) is 13.1. The van der Waals surface area contributed by atoms with Crippen LogP contribution in [0.25, 0.3) is 0 Å². The number of Topliss-reactive ketones (excluding diaryl/α,β-unsaturated/α-hetero) is 1. The topological polar surface area (TPSA) is 46.6 Å². The van der Waals surface area contributed by atoms with Gasteiger partial charge in [0.05, 0.1) is 0 Å². The molecule has 0 unspecified atom stereocenters. The van der Waals surface area contributed by atoms with Gasteiger partial charge in [0.2, 0.25) is 0 Å². The third-order valence-electron chi connectivity index (χ3n) is 3.90. The standard InChI is InChI=1S/C17H23NO3/c1-3-5-11-18(4-2)17(20)12-21-16-8-6-7-13-14(16)9-10-15(13)19/h6-8H,3-5,9-12H2,1-2H3. The minimum absolute atomic E-state index is 0.00729. The SMILES string of the molecule is CCCCN(CC)C(=O)COc1cccc2c1CCC2=O. The highest BCUT2D eigenvalue weighted by atomic mass is 16.5. The second-order valence-electron chi connectivity index (χ2n) is 5.32. The van der Waals surface area contributed by atoms with E-state index in [4.69, 9.17) is 4.74 Å². The van der Waals surface area contributed by atoms with Gasteiger partial charge in [-0.2, -0.15) is 0 Å². The highest BCUT2D eigenvalue weighted by molar-refractivity contribution is 6.01. The van der Waals surface area contributed by atoms with Crippen LogP contribution in [0.2, 0.25) is 0 Å². The van der Waals surface area contributed by atoms with Crippen LogP contribution in [-0.2, 0) is 11.2 Å². The molecule has 0 spiro atoms. The van der Waals surface area contributed by atoms with Gasteiger partial charge in [0.25, 0.3) is 5.91 Å². The summed E-state index contributed by atoms with van der Waals surface area (Å²) < 4.78 is 5.68. The maximum absolute atomic E-state index is 12.2. The zero-order valence-corrected chi connectivity index (χ0v) is 12.9. The Morgan fingerprint density at radius 2 is 2.10 bits per heavy atom. The third-order valence-corrected chi connectivity index (χ3v) is 3.90. The van der Waals surface area contributed by atoms with Crippen molar-refractivity contribution >= 4 is 11.7 Å². The van der Waals surface area contributed by atoms with Gasteiger partial charge in [-0.3, -0.25) is 9.59 Å². The van der Waals surface area contributed by atoms with Crippen LogP contribution >= 0.6 is 0 Å². The fourth-order valence-corrected chi connectivity index (χ4v) is 2.63. The summed E-state index contributed by atoms with van der Waals surface area (Å²) in [6, 6.07) is 5.49. The Hall–Kier alpha value is -1.84. The summed E-state index contributed by atoms with van der Waals surface area (Å²) in [5, 5.41) is 0. The number of unbranched alkanes of at least 4 members (excludes halogenated alkanes) is 1. The van der Waals surface area contributed by atoms with E-state index < -0.39 is 0 Å². The predicted molar refractivity (Wildman–Crippen MR) is 81.8 cm³/mol. The molecule has 0 aliphatic heterocycles. The van der Waals surface area contributed by atoms with Gasteiger partial charge in [0.1, 0.15) is 5.75 Å². The molecule has 4 nitrogen and oxygen atoms in total. The van der Waals surface area contributed by atoms with Crippen molar-refractivity contribution in [2.45, 2.75) is 39.5 Å². The Balaban J connectivity index is 1.97. The van der Waals surface area contributed by atoms with Gasteiger partial charge < -0.3 is 9.64 Å². The van der Waals surface area contributed by atoms with E-state index in [9.17, 15) is 9.59 Å². The summed E-state index contributed by atoms with van der Waals surface area (Å²) in [4.78, 5) is 25.7. The fourth-order valence-electron chi connectivity index (χ4n) is 2.63. The van der Waals surface area contributed by atoms with Gasteiger partial charge in [-0.25, -0.2) is 0 Å². The molecule has 0 bridgehead atoms. The lowest BCUT2D eigenvalue weighted by molar-refractivity contribution is -0.133. The Morgan fingerprint density at radius 1 is 1.29 bits per heavy atom. The smallest absolute Gasteiger partial charge is 0.260 e. The first-order chi connectivity index (χ1) is 10.2. The first-order valence-corrected chi connectivity index (χ1v) is 7.73. The third kappa shape index (κ3) is 3.63. The maximum Gasteiger partial charge on any atom is 0.260 e. The lowest BCUT2D eigenvalue weighted by atomic mass is 10.1. The van der Waals surface area contributed by atoms with E-state index in [-0.39, 0.29) is 18.3 Å². The summed E-state index contributed by atoms with van der Waals surface area (Å²) in [7, 11) is 0. The minimum atomic E-state index is 0.00729. The number of hydrogen-bond donors (Lipinski definition) is 0. The van der Waals surface area contributed by atoms with E-state index in [0.29, 0.717) is 25.1 Å². The molecule has 0 aromatic heterocycles. The van der Waals surface area contributed by atoms with Crippen molar-refractivity contribution in [3.8, 4) is 5.75 Å². The van der Waals surface area contributed by atoms with Gasteiger partial charge in [-0.1, -0.05) is 25.5 Å². The number of ether oxygens (including phenoxy) is 1. The molecular formula is C17H23NO3. The van der Waals surface area contributed by atoms with Crippen molar-refractivity contribution in [2.24, 2.45) is 0 Å². The second-order valence-corrected chi connectivity index (χ2v) is 5.32. The van der Waals surface area contributed by atoms with Crippen molar-refractivity contribution < 1.29 is 14.3 Å². The van der Waals surface area contributed by atoms with E-state index >= 15 is 0 Å². The van der Waals surface area contributed by atoms with Gasteiger partial charge >= 0.3 is 0 Å². The number of nitrogens with zero attached hydrogens (tertiary/aromatic N) is 1. The van der Waals surface area contributed by atoms with Crippen molar-refractivity contribution in [2.75, 3.05) is 19.7 Å². The van der Waals surface area contributed by atoms with Gasteiger partial charge in [0.15, 0.2) is 12.4 Å². The van der Waals surface area contributed by atoms with Crippen LogP contribution < -0.4 is 4.74 Å². The zero-order chi connectivity index (χ0) is 15.2. The summed E-state index contributed by atoms with van der Waals surface area (Å²) in [5.41, 5.74) is 1.70. The molecule has 1 aromatic carbocycles. The number of carbonyl (C=O) groups excluding carboxylic acids is 2. The van der Waals surface area contributed by atoms with Crippen LogP contribution in [-0.4, -0.2) is 36.3 Å². The molecule has 0 atom stereocenters. The molecule has 1 aromatic rings. The van der Waals surface area contributed by atoms with E-state index in [1.807, 2.05) is 30.0 Å². The molecule has 0 radical (unpaired) electrons. The Kier molecular flexibility index (Phi) is 5.37. The van der Waals surface area contributed by atoms with Crippen LogP contribution in [0.3, 0.4) is 0 Å². The van der Waals surface area contributed by atoms with Crippen molar-refractivity contribution in [1.82, 2.24) is 4.90 Å². The number of fused-ring (bicyclic) bond motifs is 1. The number of hydrogen-bond acceptors (Lipinski definition) is 3. The lowest BCUT2D eigenvalue weighted by Crippen LogP contribution is -2.35. The van der Waals surface area contributed by atoms with Crippen LogP contribution in [0.1, 0.15) is 49.0 Å². The molecule has 0 N–H and O–H groups in total. The monoisotopic (exact) mass is 289 g/mol. The van der Waals surface area contributed by atoms with Gasteiger partial charge in [0, 0.05) is 30.6 Å². The Morgan fingerprint density at radius 3 is 2.81 bits per heavy atom. The molecule has 21 heavy (non-hydrogen) atoms. The number of ketones is 1. The average Bonchev–Trinajstić information content (AvgIpc) is 2.88. The van der Waals surface area contributed by atoms with E-state index in [1.165, 1.54) is 0 Å². The summed E-state index contributed by atoms with van der Waals surface area (Å²) in [6.45, 7) is 5.61. The van der Waals surface area contributed by atoms with Crippen LogP contribution in [0.4, 0.5) is 0 Å². The van der Waals surface area contributed by atoms with Gasteiger partial charge in [-0.15, -0.1) is 0 Å². The second kappa shape index (κ2) is 7.25. The van der Waals surface area contributed by atoms with Crippen molar-refractivity contribution in [3.63, 3.8) is 0 Å². The molecule has 0 heterocycles. The number of benzene rings is 1. The number of rotatable bonds is 7. The van der Waals surface area contributed by atoms with E-state index in [2.05, 4.69) is 6.92 Å². The molecule has 1 amide bonds. The van der Waals surface area contributed by atoms with Crippen molar-refractivity contribution in [1.29, 1.82) is 0 Å². The summed E-state index contributed by atoms with van der Waals surface area (Å²) in [5.74, 6) is 0.853. The van der Waals surface area contributed by atoms with Crippen molar-refractivity contribution in [3.05, 3.63) is 29.3 Å². The summed E-state index contributed by atoms with van der Waals surface area (Å²) >= 11 is 0. The number of amides is 1. The first kappa shape index (κ1) is 15.5. The van der Waals surface area contributed by atoms with Gasteiger partial charge in [-0.05, 0) is 25.8 Å². The highest BCUT2D eigenvalue weighted by Gasteiger charge is 2.23. The molecule has 0 saturated carbocycles. The molecule has 1 aliphatic carbocycles. The average molecular weight is 289 g/mol. The maximum atomic E-state index is 12.2. The first-order valence-electron chi connectivity index (χ1n) is 7.73. The largest absolute Gasteiger partial charge is 0.483 e.